The SMILES string of the molecule is COCOc1c(OC)c(C)cc2c1C1C3Cc4c(OC(C)=O)c(C)c5c(c4[C@H](CN4C(=O)c6ccccc6C4=O)N3C(C#N)C(C2)N1C)OCO5. The summed E-state index contributed by atoms with van der Waals surface area (Å²) >= 11 is 0. The van der Waals surface area contributed by atoms with Crippen LogP contribution in [0.5, 0.6) is 28.7 Å². The van der Waals surface area contributed by atoms with Crippen molar-refractivity contribution in [2.75, 3.05) is 41.4 Å². The number of rotatable bonds is 7. The standard InChI is InChI=1S/C38H38N4O9/c1-18-11-21-12-25-27(14-39)42-26(31(40(25)4)29(21)35(32(18)47-6)48-16-46-5)13-24-30(36-34(49-17-50-36)19(2)33(24)51-20(3)43)28(42)15-41-37(44)22-9-7-8-10-23(22)38(41)45/h7-11,25-28,31H,12-13,15-17H2,1-6H3/t25?,26?,27?,28-,31?/m0/s1. The van der Waals surface area contributed by atoms with Crippen molar-refractivity contribution in [2.24, 2.45) is 0 Å². The minimum absolute atomic E-state index is 0.00815. The number of carbonyl (C=O) groups excluding carboxylic acids is 3. The van der Waals surface area contributed by atoms with Crippen LogP contribution in [-0.2, 0) is 22.4 Å². The maximum atomic E-state index is 13.9. The van der Waals surface area contributed by atoms with Crippen molar-refractivity contribution in [2.45, 2.75) is 63.8 Å². The predicted octanol–water partition coefficient (Wildman–Crippen LogP) is 4.02. The summed E-state index contributed by atoms with van der Waals surface area (Å²) in [5.41, 5.74) is 5.44. The number of hydrogen-bond acceptors (Lipinski definition) is 12. The molecular formula is C38H38N4O9. The number of benzene rings is 3. The highest BCUT2D eigenvalue weighted by Crippen LogP contribution is 2.59. The summed E-state index contributed by atoms with van der Waals surface area (Å²) in [6, 6.07) is 9.05. The molecule has 0 aliphatic carbocycles. The van der Waals surface area contributed by atoms with Crippen molar-refractivity contribution < 1.29 is 42.8 Å². The molecule has 0 saturated carbocycles. The maximum absolute atomic E-state index is 13.9. The predicted molar refractivity (Wildman–Crippen MR) is 180 cm³/mol. The first-order valence-corrected chi connectivity index (χ1v) is 16.9. The van der Waals surface area contributed by atoms with Gasteiger partial charge in [0.2, 0.25) is 6.79 Å². The number of nitrogens with zero attached hydrogens (tertiary/aromatic N) is 4. The van der Waals surface area contributed by atoms with E-state index in [0.717, 1.165) is 16.7 Å². The first kappa shape index (κ1) is 33.0. The second-order valence-electron chi connectivity index (χ2n) is 13.6. The van der Waals surface area contributed by atoms with E-state index in [4.69, 9.17) is 28.4 Å². The van der Waals surface area contributed by atoms with Crippen LogP contribution >= 0.6 is 0 Å². The highest BCUT2D eigenvalue weighted by Gasteiger charge is 2.58. The van der Waals surface area contributed by atoms with Crippen molar-refractivity contribution in [1.82, 2.24) is 14.7 Å². The van der Waals surface area contributed by atoms with Crippen molar-refractivity contribution in [3.63, 3.8) is 0 Å². The van der Waals surface area contributed by atoms with Crippen LogP contribution in [0.1, 0.15) is 73.1 Å². The average molecular weight is 695 g/mol. The molecule has 0 radical (unpaired) electrons. The molecule has 5 heterocycles. The Balaban J connectivity index is 1.38. The number of imide groups is 1. The van der Waals surface area contributed by atoms with Crippen LogP contribution in [0.3, 0.4) is 0 Å². The van der Waals surface area contributed by atoms with Crippen LogP contribution in [0.15, 0.2) is 30.3 Å². The number of amides is 2. The molecule has 1 fully saturated rings. The topological polar surface area (TPSA) is 140 Å². The maximum Gasteiger partial charge on any atom is 0.308 e. The number of likely N-dealkylation sites (N-methyl/N-ethyl adjacent to an activating group) is 1. The minimum atomic E-state index is -0.730. The first-order chi connectivity index (χ1) is 24.6. The van der Waals surface area contributed by atoms with Gasteiger partial charge in [-0.2, -0.15) is 5.26 Å². The average Bonchev–Trinajstić information content (AvgIpc) is 3.69. The van der Waals surface area contributed by atoms with E-state index < -0.39 is 35.9 Å². The Morgan fingerprint density at radius 3 is 2.33 bits per heavy atom. The quantitative estimate of drug-likeness (QED) is 0.153. The number of fused-ring (bicyclic) bond motifs is 10. The molecular weight excluding hydrogens is 656 g/mol. The molecule has 2 amide bonds. The number of aryl methyl sites for hydroxylation is 1. The van der Waals surface area contributed by atoms with E-state index in [1.165, 1.54) is 11.8 Å². The van der Waals surface area contributed by atoms with Gasteiger partial charge in [0, 0.05) is 54.9 Å². The van der Waals surface area contributed by atoms with Crippen molar-refractivity contribution in [3.05, 3.63) is 74.8 Å². The lowest BCUT2D eigenvalue weighted by Gasteiger charge is -2.60. The molecule has 2 bridgehead atoms. The zero-order valence-corrected chi connectivity index (χ0v) is 29.3. The zero-order chi connectivity index (χ0) is 35.9. The second-order valence-corrected chi connectivity index (χ2v) is 13.6. The Morgan fingerprint density at radius 1 is 0.980 bits per heavy atom. The van der Waals surface area contributed by atoms with Crippen LogP contribution < -0.4 is 23.7 Å². The molecule has 3 aromatic carbocycles. The normalized spacial score (nSPS) is 24.3. The van der Waals surface area contributed by atoms with Gasteiger partial charge >= 0.3 is 5.97 Å². The summed E-state index contributed by atoms with van der Waals surface area (Å²) in [5, 5.41) is 11.0. The molecule has 0 N–H and O–H groups in total. The summed E-state index contributed by atoms with van der Waals surface area (Å²) in [4.78, 5) is 46.1. The third-order valence-electron chi connectivity index (χ3n) is 11.0. The van der Waals surface area contributed by atoms with Gasteiger partial charge in [-0.15, -0.1) is 0 Å². The summed E-state index contributed by atoms with van der Waals surface area (Å²) in [7, 11) is 5.18. The lowest BCUT2D eigenvalue weighted by Crippen LogP contribution is -2.69. The van der Waals surface area contributed by atoms with E-state index in [2.05, 4.69) is 21.9 Å². The van der Waals surface area contributed by atoms with E-state index in [0.29, 0.717) is 69.4 Å². The molecule has 13 nitrogen and oxygen atoms in total. The van der Waals surface area contributed by atoms with E-state index >= 15 is 0 Å². The number of piperazine rings is 1. The molecule has 5 aliphatic rings. The second kappa shape index (κ2) is 12.3. The summed E-state index contributed by atoms with van der Waals surface area (Å²) in [6.45, 7) is 4.99. The molecule has 0 spiro atoms. The van der Waals surface area contributed by atoms with Crippen molar-refractivity contribution in [1.29, 1.82) is 5.26 Å². The van der Waals surface area contributed by atoms with Crippen LogP contribution in [0, 0.1) is 25.2 Å². The molecule has 0 aromatic heterocycles. The van der Waals surface area contributed by atoms with Crippen LogP contribution in [0.2, 0.25) is 0 Å². The van der Waals surface area contributed by atoms with Gasteiger partial charge in [-0.3, -0.25) is 29.1 Å². The fourth-order valence-corrected chi connectivity index (χ4v) is 9.10. The van der Waals surface area contributed by atoms with Gasteiger partial charge in [-0.05, 0) is 57.0 Å². The molecule has 5 atom stereocenters. The minimum Gasteiger partial charge on any atom is -0.493 e. The third-order valence-corrected chi connectivity index (χ3v) is 11.0. The fourth-order valence-electron chi connectivity index (χ4n) is 9.10. The van der Waals surface area contributed by atoms with E-state index in [1.807, 2.05) is 20.9 Å². The van der Waals surface area contributed by atoms with E-state index in [9.17, 15) is 19.6 Å². The molecule has 13 heteroatoms. The van der Waals surface area contributed by atoms with Gasteiger partial charge in [-0.1, -0.05) is 18.2 Å². The number of esters is 1. The zero-order valence-electron chi connectivity index (χ0n) is 29.3. The van der Waals surface area contributed by atoms with Gasteiger partial charge in [0.25, 0.3) is 11.8 Å². The van der Waals surface area contributed by atoms with Crippen LogP contribution in [0.4, 0.5) is 0 Å². The summed E-state index contributed by atoms with van der Waals surface area (Å²) < 4.78 is 35.6. The Hall–Kier alpha value is -5.16. The Bertz CT molecular complexity index is 2020. The highest BCUT2D eigenvalue weighted by molar-refractivity contribution is 6.21. The van der Waals surface area contributed by atoms with Gasteiger partial charge < -0.3 is 28.4 Å². The van der Waals surface area contributed by atoms with Gasteiger partial charge in [0.1, 0.15) is 11.8 Å². The number of methoxy groups -OCH3 is 2. The van der Waals surface area contributed by atoms with Crippen molar-refractivity contribution >= 4 is 17.8 Å². The highest BCUT2D eigenvalue weighted by atomic mass is 16.7. The Kier molecular flexibility index (Phi) is 7.94. The fraction of sp³-hybridized carbons (Fsp3) is 0.421. The number of hydrogen-bond donors (Lipinski definition) is 0. The van der Waals surface area contributed by atoms with E-state index in [1.54, 1.807) is 38.5 Å². The molecule has 264 valence electrons. The van der Waals surface area contributed by atoms with Gasteiger partial charge in [0.05, 0.1) is 36.4 Å². The third kappa shape index (κ3) is 4.73. The van der Waals surface area contributed by atoms with Crippen molar-refractivity contribution in [3.8, 4) is 34.8 Å². The molecule has 5 aliphatic heterocycles. The van der Waals surface area contributed by atoms with Crippen LogP contribution in [-0.4, -0.2) is 92.0 Å². The number of ether oxygens (including phenoxy) is 6. The largest absolute Gasteiger partial charge is 0.493 e. The molecule has 3 aromatic rings. The molecule has 4 unspecified atom stereocenters. The monoisotopic (exact) mass is 694 g/mol. The Morgan fingerprint density at radius 2 is 1.69 bits per heavy atom. The number of carbonyl (C=O) groups is 3. The van der Waals surface area contributed by atoms with Gasteiger partial charge in [0.15, 0.2) is 29.8 Å². The lowest BCUT2D eigenvalue weighted by atomic mass is 9.71. The molecule has 8 rings (SSSR count). The smallest absolute Gasteiger partial charge is 0.308 e. The lowest BCUT2D eigenvalue weighted by molar-refractivity contribution is -0.132. The summed E-state index contributed by atoms with van der Waals surface area (Å²) in [5.74, 6) is 1.05. The first-order valence-electron chi connectivity index (χ1n) is 16.9. The summed E-state index contributed by atoms with van der Waals surface area (Å²) in [6.07, 6.45) is 0.877. The van der Waals surface area contributed by atoms with Gasteiger partial charge in [-0.25, -0.2) is 0 Å². The molecule has 1 saturated heterocycles. The van der Waals surface area contributed by atoms with Crippen LogP contribution in [0.25, 0.3) is 0 Å². The Labute approximate surface area is 295 Å². The molecule has 51 heavy (non-hydrogen) atoms. The number of nitriles is 1. The van der Waals surface area contributed by atoms with E-state index in [-0.39, 0.29) is 32.2 Å².